The van der Waals surface area contributed by atoms with Crippen molar-refractivity contribution in [3.8, 4) is 5.88 Å². The lowest BCUT2D eigenvalue weighted by atomic mass is 9.92. The molecule has 9 nitrogen and oxygen atoms in total. The first-order valence-corrected chi connectivity index (χ1v) is 10.8. The first-order chi connectivity index (χ1) is 15.2. The Morgan fingerprint density at radius 1 is 1.27 bits per heavy atom. The Labute approximate surface area is 185 Å². The highest BCUT2D eigenvalue weighted by Gasteiger charge is 2.41. The van der Waals surface area contributed by atoms with Crippen LogP contribution in [0.15, 0.2) is 24.5 Å². The van der Waals surface area contributed by atoms with Gasteiger partial charge in [0.05, 0.1) is 30.4 Å². The summed E-state index contributed by atoms with van der Waals surface area (Å²) in [6.07, 6.45) is -2.94. The summed E-state index contributed by atoms with van der Waals surface area (Å²) in [5.74, 6) is -4.56. The van der Waals surface area contributed by atoms with Crippen LogP contribution in [0.25, 0.3) is 0 Å². The molecular formula is C18H18F5N5O4S. The number of hydrogen-bond acceptors (Lipinski definition) is 7. The van der Waals surface area contributed by atoms with Crippen LogP contribution < -0.4 is 15.4 Å². The molecule has 2 N–H and O–H groups in total. The minimum absolute atomic E-state index is 0.144. The third-order valence-electron chi connectivity index (χ3n) is 4.76. The maximum absolute atomic E-state index is 14.6. The predicted molar refractivity (Wildman–Crippen MR) is 105 cm³/mol. The first-order valence-electron chi connectivity index (χ1n) is 9.22. The zero-order valence-corrected chi connectivity index (χ0v) is 18.0. The van der Waals surface area contributed by atoms with Crippen LogP contribution in [0.3, 0.4) is 0 Å². The summed E-state index contributed by atoms with van der Waals surface area (Å²) in [4.78, 5) is 19.6. The fourth-order valence-electron chi connectivity index (χ4n) is 3.00. The number of hydrogen-bond donors (Lipinski definition) is 2. The van der Waals surface area contributed by atoms with Gasteiger partial charge in [0, 0.05) is 24.4 Å². The Hall–Kier alpha value is -2.91. The number of alkyl halides is 3. The average Bonchev–Trinajstić information content (AvgIpc) is 2.71. The number of nitrogens with one attached hydrogen (secondary N) is 2. The molecule has 1 aromatic heterocycles. The smallest absolute Gasteiger partial charge is 0.422 e. The summed E-state index contributed by atoms with van der Waals surface area (Å²) in [5.41, 5.74) is -2.36. The second-order valence-corrected chi connectivity index (χ2v) is 9.51. The number of benzene rings is 1. The topological polar surface area (TPSA) is 114 Å². The van der Waals surface area contributed by atoms with E-state index in [-0.39, 0.29) is 23.6 Å². The van der Waals surface area contributed by atoms with Crippen LogP contribution in [0.2, 0.25) is 0 Å². The molecule has 1 aromatic carbocycles. The van der Waals surface area contributed by atoms with Gasteiger partial charge in [-0.05, 0) is 13.0 Å². The van der Waals surface area contributed by atoms with E-state index in [4.69, 9.17) is 0 Å². The molecule has 3 rings (SSSR count). The van der Waals surface area contributed by atoms with Gasteiger partial charge in [-0.25, -0.2) is 27.2 Å². The van der Waals surface area contributed by atoms with Crippen LogP contribution in [0.4, 0.5) is 27.6 Å². The van der Waals surface area contributed by atoms with Crippen LogP contribution >= 0.6 is 0 Å². The number of sulfonamides is 1. The largest absolute Gasteiger partial charge is 0.467 e. The number of amides is 1. The second kappa shape index (κ2) is 8.79. The van der Waals surface area contributed by atoms with Crippen LogP contribution in [0.1, 0.15) is 23.0 Å². The highest BCUT2D eigenvalue weighted by molar-refractivity contribution is 7.89. The zero-order chi connectivity index (χ0) is 24.6. The highest BCUT2D eigenvalue weighted by Crippen LogP contribution is 2.32. The Kier molecular flexibility index (Phi) is 6.59. The minimum Gasteiger partial charge on any atom is -0.467 e. The van der Waals surface area contributed by atoms with Gasteiger partial charge >= 0.3 is 6.18 Å². The molecule has 0 aliphatic carbocycles. The summed E-state index contributed by atoms with van der Waals surface area (Å²) in [5, 5.41) is 5.11. The quantitative estimate of drug-likeness (QED) is 0.610. The molecule has 1 amide bonds. The normalized spacial score (nSPS) is 20.9. The summed E-state index contributed by atoms with van der Waals surface area (Å²) in [7, 11) is -2.42. The van der Waals surface area contributed by atoms with Crippen molar-refractivity contribution in [3.63, 3.8) is 0 Å². The molecule has 1 fully saturated rings. The van der Waals surface area contributed by atoms with Gasteiger partial charge in [0.1, 0.15) is 5.69 Å². The van der Waals surface area contributed by atoms with E-state index in [0.717, 1.165) is 22.8 Å². The minimum atomic E-state index is -4.58. The van der Waals surface area contributed by atoms with E-state index in [1.165, 1.54) is 14.0 Å². The van der Waals surface area contributed by atoms with Crippen LogP contribution in [0, 0.1) is 11.6 Å². The van der Waals surface area contributed by atoms with Crippen molar-refractivity contribution in [1.82, 2.24) is 19.6 Å². The number of halogens is 5. The molecular weight excluding hydrogens is 477 g/mol. The van der Waals surface area contributed by atoms with Gasteiger partial charge in [0.25, 0.3) is 5.91 Å². The van der Waals surface area contributed by atoms with Crippen molar-refractivity contribution in [1.29, 1.82) is 0 Å². The molecule has 1 saturated heterocycles. The van der Waals surface area contributed by atoms with Crippen molar-refractivity contribution in [3.05, 3.63) is 47.4 Å². The lowest BCUT2D eigenvalue weighted by molar-refractivity contribution is -0.154. The van der Waals surface area contributed by atoms with Gasteiger partial charge in [0.15, 0.2) is 18.2 Å². The van der Waals surface area contributed by atoms with Crippen molar-refractivity contribution < 1.29 is 39.9 Å². The van der Waals surface area contributed by atoms with Gasteiger partial charge < -0.3 is 10.1 Å². The predicted octanol–water partition coefficient (Wildman–Crippen LogP) is 1.99. The Morgan fingerprint density at radius 2 is 1.97 bits per heavy atom. The Balaban J connectivity index is 1.81. The van der Waals surface area contributed by atoms with Crippen molar-refractivity contribution >= 4 is 21.6 Å². The molecule has 1 aliphatic heterocycles. The number of carbonyl (C=O) groups excluding carboxylic acids is 1. The van der Waals surface area contributed by atoms with E-state index in [0.29, 0.717) is 6.07 Å². The zero-order valence-electron chi connectivity index (χ0n) is 17.2. The number of rotatable bonds is 5. The number of anilines is 1. The fourth-order valence-corrected chi connectivity index (χ4v) is 4.47. The fraction of sp³-hybridized carbons (Fsp3) is 0.389. The molecule has 2 aromatic rings. The maximum atomic E-state index is 14.6. The van der Waals surface area contributed by atoms with Gasteiger partial charge in [-0.2, -0.15) is 17.5 Å². The molecule has 0 radical (unpaired) electrons. The van der Waals surface area contributed by atoms with Crippen molar-refractivity contribution in [2.75, 3.05) is 31.4 Å². The lowest BCUT2D eigenvalue weighted by Gasteiger charge is -2.39. The van der Waals surface area contributed by atoms with Gasteiger partial charge in [-0.15, -0.1) is 0 Å². The maximum Gasteiger partial charge on any atom is 0.422 e. The van der Waals surface area contributed by atoms with Gasteiger partial charge in [0.2, 0.25) is 15.9 Å². The Bertz CT molecular complexity index is 1160. The average molecular weight is 495 g/mol. The summed E-state index contributed by atoms with van der Waals surface area (Å²) in [6.45, 7) is -0.357. The molecule has 1 aliphatic rings. The second-order valence-electron chi connectivity index (χ2n) is 7.44. The molecule has 0 bridgehead atoms. The SMILES string of the molecule is CN1CN[C@](C)(c2cc(NC(=O)c3cnc(OCC(F)(F)F)cn3)cc(F)c2F)CS1(=O)=O. The summed E-state index contributed by atoms with van der Waals surface area (Å²) >= 11 is 0. The number of nitrogens with zero attached hydrogens (tertiary/aromatic N) is 3. The van der Waals surface area contributed by atoms with E-state index >= 15 is 0 Å². The van der Waals surface area contributed by atoms with Crippen molar-refractivity contribution in [2.24, 2.45) is 0 Å². The molecule has 0 unspecified atom stereocenters. The Morgan fingerprint density at radius 3 is 2.55 bits per heavy atom. The monoisotopic (exact) mass is 495 g/mol. The van der Waals surface area contributed by atoms with Crippen LogP contribution in [-0.2, 0) is 15.6 Å². The number of aromatic nitrogens is 2. The van der Waals surface area contributed by atoms with E-state index in [1.54, 1.807) is 0 Å². The van der Waals surface area contributed by atoms with Crippen molar-refractivity contribution in [2.45, 2.75) is 18.6 Å². The molecule has 0 spiro atoms. The standard InChI is InChI=1S/C18H18F5N5O4S/c1-17(8-33(30,31)28(2)9-26-17)11-3-10(4-12(19)15(11)20)27-16(29)13-5-25-14(6-24-13)32-7-18(21,22)23/h3-6,26H,7-9H2,1-2H3,(H,27,29)/t17-/m0/s1. The third-order valence-corrected chi connectivity index (χ3v) is 6.78. The summed E-state index contributed by atoms with van der Waals surface area (Å²) in [6, 6.07) is 1.77. The first kappa shape index (κ1) is 24.7. The van der Waals surface area contributed by atoms with Gasteiger partial charge in [-0.3, -0.25) is 10.1 Å². The number of carbonyl (C=O) groups is 1. The van der Waals surface area contributed by atoms with E-state index in [9.17, 15) is 35.2 Å². The molecule has 180 valence electrons. The highest BCUT2D eigenvalue weighted by atomic mass is 32.2. The molecule has 15 heteroatoms. The van der Waals surface area contributed by atoms with E-state index in [2.05, 4.69) is 25.3 Å². The lowest BCUT2D eigenvalue weighted by Crippen LogP contribution is -2.57. The third kappa shape index (κ3) is 5.72. The van der Waals surface area contributed by atoms with E-state index < -0.39 is 57.5 Å². The van der Waals surface area contributed by atoms with E-state index in [1.807, 2.05) is 0 Å². The molecule has 1 atom stereocenters. The van der Waals surface area contributed by atoms with Crippen LogP contribution in [0.5, 0.6) is 5.88 Å². The molecule has 2 heterocycles. The molecule has 0 saturated carbocycles. The van der Waals surface area contributed by atoms with Gasteiger partial charge in [-0.1, -0.05) is 0 Å². The number of ether oxygens (including phenoxy) is 1. The summed E-state index contributed by atoms with van der Waals surface area (Å²) < 4.78 is 95.3. The molecule has 33 heavy (non-hydrogen) atoms. The van der Waals surface area contributed by atoms with Crippen LogP contribution in [-0.4, -0.2) is 60.9 Å².